The van der Waals surface area contributed by atoms with Gasteiger partial charge in [-0.05, 0) is 47.3 Å². The number of rotatable bonds is 8. The predicted octanol–water partition coefficient (Wildman–Crippen LogP) is 6.01. The van der Waals surface area contributed by atoms with Gasteiger partial charge in [0.05, 0.1) is 10.6 Å². The Bertz CT molecular complexity index is 1700. The Morgan fingerprint density at radius 3 is 2.50 bits per heavy atom. The van der Waals surface area contributed by atoms with E-state index in [4.69, 9.17) is 17.3 Å². The van der Waals surface area contributed by atoms with Crippen LogP contribution in [0.4, 0.5) is 24.7 Å². The summed E-state index contributed by atoms with van der Waals surface area (Å²) in [7, 11) is 0. The fourth-order valence-electron chi connectivity index (χ4n) is 3.76. The number of benzene rings is 2. The van der Waals surface area contributed by atoms with Gasteiger partial charge in [0.1, 0.15) is 17.4 Å². The average molecular weight is 614 g/mol. The first-order valence-corrected chi connectivity index (χ1v) is 13.2. The molecule has 2 heterocycles. The molecule has 0 atom stereocenters. The predicted molar refractivity (Wildman–Crippen MR) is 151 cm³/mol. The lowest BCUT2D eigenvalue weighted by Crippen LogP contribution is -2.28. The molecule has 4 N–H and O–H groups in total. The molecule has 2 aromatic heterocycles. The molecule has 0 bridgehead atoms. The molecule has 0 aliphatic carbocycles. The Hall–Kier alpha value is -4.77. The number of esters is 1. The molecule has 2 amide bonds. The highest BCUT2D eigenvalue weighted by Gasteiger charge is 2.41. The van der Waals surface area contributed by atoms with Gasteiger partial charge < -0.3 is 21.1 Å². The van der Waals surface area contributed by atoms with E-state index in [9.17, 15) is 32.8 Å². The van der Waals surface area contributed by atoms with E-state index in [0.717, 1.165) is 17.4 Å². The number of aromatic nitrogens is 1. The second-order valence-corrected chi connectivity index (χ2v) is 9.90. The zero-order valence-corrected chi connectivity index (χ0v) is 22.9. The number of nitrogens with zero attached hydrogens (tertiary/aromatic N) is 2. The lowest BCUT2D eigenvalue weighted by atomic mass is 9.97. The second-order valence-electron chi connectivity index (χ2n) is 8.52. The number of pyridine rings is 1. The molecule has 42 heavy (non-hydrogen) atoms. The van der Waals surface area contributed by atoms with Gasteiger partial charge in [-0.2, -0.15) is 18.4 Å². The van der Waals surface area contributed by atoms with Crippen molar-refractivity contribution in [3.8, 4) is 34.2 Å². The molecule has 9 nitrogen and oxygen atoms in total. The summed E-state index contributed by atoms with van der Waals surface area (Å²) >= 11 is 7.12. The molecule has 2 aromatic carbocycles. The molecule has 0 saturated heterocycles. The molecule has 0 aliphatic heterocycles. The molecule has 0 unspecified atom stereocenters. The van der Waals surface area contributed by atoms with Crippen molar-refractivity contribution in [1.82, 2.24) is 4.98 Å². The number of hydrogen-bond donors (Lipinski definition) is 3. The Labute approximate surface area is 245 Å². The van der Waals surface area contributed by atoms with E-state index in [2.05, 4.69) is 20.4 Å². The minimum Gasteiger partial charge on any atom is -0.419 e. The summed E-state index contributed by atoms with van der Waals surface area (Å²) < 4.78 is 43.7. The zero-order valence-electron chi connectivity index (χ0n) is 21.3. The number of alkyl halides is 3. The van der Waals surface area contributed by atoms with Crippen molar-refractivity contribution >= 4 is 52.2 Å². The summed E-state index contributed by atoms with van der Waals surface area (Å²) in [5.41, 5.74) is 6.22. The SMILES string of the molecule is N#Cc1c(-c2cccc(NC(=O)CCN)c2)cc(-c2ccc(Cl)cc2OC(=O)C(F)(F)F)nc1NC(=O)c1cccs1. The summed E-state index contributed by atoms with van der Waals surface area (Å²) in [6, 6.07) is 16.6. The summed E-state index contributed by atoms with van der Waals surface area (Å²) in [4.78, 5) is 41.4. The first-order valence-electron chi connectivity index (χ1n) is 12.0. The van der Waals surface area contributed by atoms with Gasteiger partial charge in [0, 0.05) is 40.9 Å². The van der Waals surface area contributed by atoms with Gasteiger partial charge in [0.15, 0.2) is 5.82 Å². The third kappa shape index (κ3) is 7.10. The van der Waals surface area contributed by atoms with Crippen LogP contribution in [0.2, 0.25) is 5.02 Å². The van der Waals surface area contributed by atoms with Crippen molar-refractivity contribution < 1.29 is 32.3 Å². The maximum absolute atomic E-state index is 13.0. The normalized spacial score (nSPS) is 11.0. The van der Waals surface area contributed by atoms with Crippen molar-refractivity contribution in [1.29, 1.82) is 5.26 Å². The van der Waals surface area contributed by atoms with Crippen molar-refractivity contribution in [2.24, 2.45) is 5.73 Å². The highest BCUT2D eigenvalue weighted by Crippen LogP contribution is 2.38. The van der Waals surface area contributed by atoms with Crippen LogP contribution in [0.15, 0.2) is 66.0 Å². The second kappa shape index (κ2) is 12.8. The van der Waals surface area contributed by atoms with E-state index < -0.39 is 23.8 Å². The number of halogens is 4. The number of anilines is 2. The van der Waals surface area contributed by atoms with Gasteiger partial charge in [-0.25, -0.2) is 9.78 Å². The molecule has 0 aliphatic rings. The standard InChI is InChI=1S/C28H19ClF3N5O4S/c29-16-6-7-18(22(12-16)41-27(40)28(30,31)32)21-13-19(15-3-1-4-17(11-15)35-24(38)8-9-33)20(14-34)25(36-21)37-26(39)23-5-2-10-42-23/h1-7,10-13H,8-9,33H2,(H,35,38)(H,36,37,39). The van der Waals surface area contributed by atoms with Gasteiger partial charge in [0.25, 0.3) is 5.91 Å². The van der Waals surface area contributed by atoms with Crippen molar-refractivity contribution in [3.05, 3.63) is 81.5 Å². The zero-order chi connectivity index (χ0) is 30.4. The van der Waals surface area contributed by atoms with Crippen molar-refractivity contribution in [3.63, 3.8) is 0 Å². The number of nitriles is 1. The van der Waals surface area contributed by atoms with Gasteiger partial charge >= 0.3 is 12.1 Å². The molecule has 4 aromatic rings. The lowest BCUT2D eigenvalue weighted by Gasteiger charge is -2.16. The number of nitrogens with one attached hydrogen (secondary N) is 2. The molecule has 14 heteroatoms. The summed E-state index contributed by atoms with van der Waals surface area (Å²) in [6.07, 6.45) is -5.22. The van der Waals surface area contributed by atoms with Crippen LogP contribution in [0.5, 0.6) is 5.75 Å². The van der Waals surface area contributed by atoms with Crippen LogP contribution in [-0.4, -0.2) is 35.5 Å². The Morgan fingerprint density at radius 1 is 1.05 bits per heavy atom. The number of carbonyl (C=O) groups is 3. The van der Waals surface area contributed by atoms with Crippen LogP contribution in [0.1, 0.15) is 21.7 Å². The number of carbonyl (C=O) groups excluding carboxylic acids is 3. The molecule has 0 saturated carbocycles. The van der Waals surface area contributed by atoms with E-state index >= 15 is 0 Å². The Kier molecular flexibility index (Phi) is 9.21. The van der Waals surface area contributed by atoms with Crippen LogP contribution >= 0.6 is 22.9 Å². The number of hydrogen-bond acceptors (Lipinski definition) is 8. The van der Waals surface area contributed by atoms with E-state index in [1.165, 1.54) is 18.2 Å². The molecule has 0 spiro atoms. The fourth-order valence-corrected chi connectivity index (χ4v) is 4.54. The summed E-state index contributed by atoms with van der Waals surface area (Å²) in [5.74, 6) is -4.16. The summed E-state index contributed by atoms with van der Waals surface area (Å²) in [5, 5.41) is 17.0. The molecule has 214 valence electrons. The van der Waals surface area contributed by atoms with Gasteiger partial charge in [-0.15, -0.1) is 11.3 Å². The van der Waals surface area contributed by atoms with Gasteiger partial charge in [0.2, 0.25) is 5.91 Å². The van der Waals surface area contributed by atoms with E-state index in [1.807, 2.05) is 6.07 Å². The Balaban J connectivity index is 1.90. The molecule has 0 radical (unpaired) electrons. The van der Waals surface area contributed by atoms with E-state index in [0.29, 0.717) is 16.1 Å². The highest BCUT2D eigenvalue weighted by atomic mass is 35.5. The van der Waals surface area contributed by atoms with Crippen LogP contribution in [0, 0.1) is 11.3 Å². The number of thiophene rings is 1. The third-order valence-corrected chi connectivity index (χ3v) is 6.69. The highest BCUT2D eigenvalue weighted by molar-refractivity contribution is 7.12. The molecular weight excluding hydrogens is 595 g/mol. The van der Waals surface area contributed by atoms with Crippen LogP contribution in [0.3, 0.4) is 0 Å². The number of nitrogens with two attached hydrogens (primary N) is 1. The first-order chi connectivity index (χ1) is 20.0. The number of amides is 2. The molecule has 4 rings (SSSR count). The van der Waals surface area contributed by atoms with Crippen LogP contribution in [0.25, 0.3) is 22.4 Å². The van der Waals surface area contributed by atoms with Crippen molar-refractivity contribution in [2.75, 3.05) is 17.2 Å². The third-order valence-electron chi connectivity index (χ3n) is 5.59. The number of ether oxygens (including phenoxy) is 1. The minimum absolute atomic E-state index is 0.0234. The quantitative estimate of drug-likeness (QED) is 0.163. The van der Waals surface area contributed by atoms with E-state index in [-0.39, 0.29) is 52.1 Å². The van der Waals surface area contributed by atoms with Crippen molar-refractivity contribution in [2.45, 2.75) is 12.6 Å². The fraction of sp³-hybridized carbons (Fsp3) is 0.107. The van der Waals surface area contributed by atoms with Gasteiger partial charge in [-0.3, -0.25) is 9.59 Å². The smallest absolute Gasteiger partial charge is 0.419 e. The minimum atomic E-state index is -5.29. The maximum Gasteiger partial charge on any atom is 0.491 e. The first kappa shape index (κ1) is 30.2. The molecular formula is C28H19ClF3N5O4S. The Morgan fingerprint density at radius 2 is 1.83 bits per heavy atom. The maximum atomic E-state index is 13.0. The lowest BCUT2D eigenvalue weighted by molar-refractivity contribution is -0.189. The molecule has 0 fully saturated rings. The topological polar surface area (TPSA) is 147 Å². The largest absolute Gasteiger partial charge is 0.491 e. The van der Waals surface area contributed by atoms with E-state index in [1.54, 1.807) is 41.8 Å². The van der Waals surface area contributed by atoms with Gasteiger partial charge in [-0.1, -0.05) is 29.8 Å². The van der Waals surface area contributed by atoms with Crippen LogP contribution in [-0.2, 0) is 9.59 Å². The average Bonchev–Trinajstić information content (AvgIpc) is 3.48. The monoisotopic (exact) mass is 613 g/mol. The summed E-state index contributed by atoms with van der Waals surface area (Å²) in [6.45, 7) is 0.132. The van der Waals surface area contributed by atoms with Crippen LogP contribution < -0.4 is 21.1 Å².